The van der Waals surface area contributed by atoms with Crippen LogP contribution in [0.4, 0.5) is 0 Å². The molecular formula is C16H15BrN2S. The first kappa shape index (κ1) is 13.7. The predicted molar refractivity (Wildman–Crippen MR) is 89.0 cm³/mol. The van der Waals surface area contributed by atoms with Gasteiger partial charge in [-0.1, -0.05) is 24.3 Å². The van der Waals surface area contributed by atoms with Crippen LogP contribution in [0.25, 0.3) is 10.9 Å². The molecular weight excluding hydrogens is 332 g/mol. The van der Waals surface area contributed by atoms with Gasteiger partial charge in [0.1, 0.15) is 0 Å². The molecule has 0 fully saturated rings. The summed E-state index contributed by atoms with van der Waals surface area (Å²) in [5.41, 5.74) is 2.33. The number of nitrogens with one attached hydrogen (secondary N) is 1. The zero-order chi connectivity index (χ0) is 13.9. The number of thiophene rings is 1. The third-order valence-corrected chi connectivity index (χ3v) is 5.14. The van der Waals surface area contributed by atoms with Crippen LogP contribution in [0.3, 0.4) is 0 Å². The van der Waals surface area contributed by atoms with Gasteiger partial charge in [-0.15, -0.1) is 11.3 Å². The van der Waals surface area contributed by atoms with Crippen molar-refractivity contribution in [3.05, 3.63) is 62.9 Å². The summed E-state index contributed by atoms with van der Waals surface area (Å²) in [6.45, 7) is 3.02. The minimum atomic E-state index is 0.338. The highest BCUT2D eigenvalue weighted by Gasteiger charge is 2.08. The van der Waals surface area contributed by atoms with Crippen LogP contribution < -0.4 is 5.32 Å². The number of para-hydroxylation sites is 1. The van der Waals surface area contributed by atoms with E-state index in [4.69, 9.17) is 0 Å². The van der Waals surface area contributed by atoms with Crippen LogP contribution >= 0.6 is 27.3 Å². The Morgan fingerprint density at radius 2 is 2.05 bits per heavy atom. The number of hydrogen-bond acceptors (Lipinski definition) is 3. The second kappa shape index (κ2) is 6.04. The first-order chi connectivity index (χ1) is 9.74. The molecule has 1 unspecified atom stereocenters. The van der Waals surface area contributed by atoms with Gasteiger partial charge in [0.05, 0.1) is 9.30 Å². The minimum Gasteiger partial charge on any atom is -0.305 e. The average Bonchev–Trinajstić information content (AvgIpc) is 2.91. The van der Waals surface area contributed by atoms with Crippen molar-refractivity contribution >= 4 is 38.2 Å². The Morgan fingerprint density at radius 3 is 2.85 bits per heavy atom. The van der Waals surface area contributed by atoms with Gasteiger partial charge < -0.3 is 5.32 Å². The number of rotatable bonds is 4. The molecule has 0 saturated carbocycles. The fourth-order valence-corrected chi connectivity index (χ4v) is 3.69. The SMILES string of the molecule is CC(NCc1cccc2cccnc12)c1ccc(Br)s1. The van der Waals surface area contributed by atoms with E-state index in [2.05, 4.69) is 69.6 Å². The van der Waals surface area contributed by atoms with Crippen molar-refractivity contribution in [2.45, 2.75) is 19.5 Å². The molecule has 1 aromatic carbocycles. The van der Waals surface area contributed by atoms with E-state index in [1.807, 2.05) is 12.3 Å². The molecule has 2 aromatic heterocycles. The largest absolute Gasteiger partial charge is 0.305 e. The Bertz CT molecular complexity index is 718. The number of nitrogens with zero attached hydrogens (tertiary/aromatic N) is 1. The second-order valence-corrected chi connectivity index (χ2v) is 7.23. The third-order valence-electron chi connectivity index (χ3n) is 3.34. The summed E-state index contributed by atoms with van der Waals surface area (Å²) in [4.78, 5) is 5.83. The van der Waals surface area contributed by atoms with E-state index in [9.17, 15) is 0 Å². The highest BCUT2D eigenvalue weighted by atomic mass is 79.9. The normalized spacial score (nSPS) is 12.7. The zero-order valence-corrected chi connectivity index (χ0v) is 13.5. The van der Waals surface area contributed by atoms with Gasteiger partial charge in [-0.05, 0) is 46.6 Å². The molecule has 0 aliphatic heterocycles. The summed E-state index contributed by atoms with van der Waals surface area (Å²) in [5, 5.41) is 4.76. The quantitative estimate of drug-likeness (QED) is 0.725. The van der Waals surface area contributed by atoms with Crippen LogP contribution in [0.5, 0.6) is 0 Å². The van der Waals surface area contributed by atoms with Crippen molar-refractivity contribution < 1.29 is 0 Å². The molecule has 3 aromatic rings. The average molecular weight is 347 g/mol. The lowest BCUT2D eigenvalue weighted by atomic mass is 10.1. The van der Waals surface area contributed by atoms with Crippen LogP contribution in [0.15, 0.2) is 52.4 Å². The van der Waals surface area contributed by atoms with Crippen molar-refractivity contribution in [2.75, 3.05) is 0 Å². The lowest BCUT2D eigenvalue weighted by Gasteiger charge is -2.13. The first-order valence-corrected chi connectivity index (χ1v) is 8.16. The van der Waals surface area contributed by atoms with Gasteiger partial charge in [0.15, 0.2) is 0 Å². The van der Waals surface area contributed by atoms with Gasteiger partial charge >= 0.3 is 0 Å². The highest BCUT2D eigenvalue weighted by molar-refractivity contribution is 9.11. The molecule has 0 saturated heterocycles. The van der Waals surface area contributed by atoms with Crippen LogP contribution in [-0.4, -0.2) is 4.98 Å². The second-order valence-electron chi connectivity index (χ2n) is 4.74. The molecule has 3 rings (SSSR count). The molecule has 1 N–H and O–H groups in total. The smallest absolute Gasteiger partial charge is 0.0746 e. The lowest BCUT2D eigenvalue weighted by Crippen LogP contribution is -2.17. The number of benzene rings is 1. The lowest BCUT2D eigenvalue weighted by molar-refractivity contribution is 0.584. The van der Waals surface area contributed by atoms with Crippen LogP contribution in [0, 0.1) is 0 Å². The molecule has 1 atom stereocenters. The third kappa shape index (κ3) is 2.92. The molecule has 0 bridgehead atoms. The predicted octanol–water partition coefficient (Wildman–Crippen LogP) is 4.91. The maximum Gasteiger partial charge on any atom is 0.0746 e. The van der Waals surface area contributed by atoms with E-state index in [0.717, 1.165) is 12.1 Å². The van der Waals surface area contributed by atoms with E-state index in [1.165, 1.54) is 19.6 Å². The Morgan fingerprint density at radius 1 is 1.20 bits per heavy atom. The standard InChI is InChI=1S/C16H15BrN2S/c1-11(14-7-8-15(17)20-14)19-10-13-5-2-4-12-6-3-9-18-16(12)13/h2-9,11,19H,10H2,1H3. The van der Waals surface area contributed by atoms with E-state index < -0.39 is 0 Å². The Kier molecular flexibility index (Phi) is 4.15. The van der Waals surface area contributed by atoms with Gasteiger partial charge in [-0.2, -0.15) is 0 Å². The number of aromatic nitrogens is 1. The number of hydrogen-bond donors (Lipinski definition) is 1. The number of halogens is 1. The van der Waals surface area contributed by atoms with Crippen molar-refractivity contribution in [3.63, 3.8) is 0 Å². The van der Waals surface area contributed by atoms with Crippen LogP contribution in [0.1, 0.15) is 23.4 Å². The number of fused-ring (bicyclic) bond motifs is 1. The Hall–Kier alpha value is -1.23. The van der Waals surface area contributed by atoms with Crippen LogP contribution in [0.2, 0.25) is 0 Å². The maximum atomic E-state index is 4.49. The molecule has 0 aliphatic carbocycles. The van der Waals surface area contributed by atoms with Crippen LogP contribution in [-0.2, 0) is 6.54 Å². The highest BCUT2D eigenvalue weighted by Crippen LogP contribution is 2.27. The molecule has 2 heterocycles. The molecule has 0 spiro atoms. The Labute approximate surface area is 131 Å². The Balaban J connectivity index is 1.77. The molecule has 0 amide bonds. The summed E-state index contributed by atoms with van der Waals surface area (Å²) in [5.74, 6) is 0. The summed E-state index contributed by atoms with van der Waals surface area (Å²) < 4.78 is 1.17. The van der Waals surface area contributed by atoms with Gasteiger partial charge in [0.25, 0.3) is 0 Å². The molecule has 20 heavy (non-hydrogen) atoms. The van der Waals surface area contributed by atoms with Crippen molar-refractivity contribution in [2.24, 2.45) is 0 Å². The summed E-state index contributed by atoms with van der Waals surface area (Å²) in [6.07, 6.45) is 1.85. The molecule has 102 valence electrons. The fourth-order valence-electron chi connectivity index (χ4n) is 2.23. The van der Waals surface area contributed by atoms with E-state index >= 15 is 0 Å². The number of pyridine rings is 1. The summed E-state index contributed by atoms with van der Waals surface area (Å²) >= 11 is 5.28. The van der Waals surface area contributed by atoms with Gasteiger partial charge in [-0.3, -0.25) is 4.98 Å². The van der Waals surface area contributed by atoms with Gasteiger partial charge in [-0.25, -0.2) is 0 Å². The van der Waals surface area contributed by atoms with Gasteiger partial charge in [0, 0.05) is 29.0 Å². The summed E-state index contributed by atoms with van der Waals surface area (Å²) in [6, 6.07) is 15.0. The molecule has 4 heteroatoms. The summed E-state index contributed by atoms with van der Waals surface area (Å²) in [7, 11) is 0. The first-order valence-electron chi connectivity index (χ1n) is 6.55. The van der Waals surface area contributed by atoms with Crippen molar-refractivity contribution in [1.29, 1.82) is 0 Å². The molecule has 2 nitrogen and oxygen atoms in total. The minimum absolute atomic E-state index is 0.338. The maximum absolute atomic E-state index is 4.49. The fraction of sp³-hybridized carbons (Fsp3) is 0.188. The molecule has 0 radical (unpaired) electrons. The zero-order valence-electron chi connectivity index (χ0n) is 11.1. The van der Waals surface area contributed by atoms with Crippen molar-refractivity contribution in [1.82, 2.24) is 10.3 Å². The van der Waals surface area contributed by atoms with Crippen molar-refractivity contribution in [3.8, 4) is 0 Å². The van der Waals surface area contributed by atoms with Gasteiger partial charge in [0.2, 0.25) is 0 Å². The topological polar surface area (TPSA) is 24.9 Å². The monoisotopic (exact) mass is 346 g/mol. The van der Waals surface area contributed by atoms with E-state index in [-0.39, 0.29) is 0 Å². The van der Waals surface area contributed by atoms with E-state index in [1.54, 1.807) is 11.3 Å². The molecule has 0 aliphatic rings. The van der Waals surface area contributed by atoms with E-state index in [0.29, 0.717) is 6.04 Å².